The number of halogens is 1. The van der Waals surface area contributed by atoms with Crippen LogP contribution in [0.5, 0.6) is 5.75 Å². The molecule has 1 aliphatic heterocycles. The Kier molecular flexibility index (Phi) is 6.14. The Morgan fingerprint density at radius 3 is 2.84 bits per heavy atom. The number of hydrogen-bond acceptors (Lipinski definition) is 3. The Balaban J connectivity index is 1.58. The SMILES string of the molecule is CN1CCCCC1CNCCOc1ccc(Br)cc1. The smallest absolute Gasteiger partial charge is 0.119 e. The minimum Gasteiger partial charge on any atom is -0.492 e. The molecule has 0 radical (unpaired) electrons. The molecule has 0 amide bonds. The number of ether oxygens (including phenoxy) is 1. The topological polar surface area (TPSA) is 24.5 Å². The average Bonchev–Trinajstić information content (AvgIpc) is 2.42. The fourth-order valence-corrected chi connectivity index (χ4v) is 2.71. The predicted octanol–water partition coefficient (Wildman–Crippen LogP) is 2.90. The van der Waals surface area contributed by atoms with E-state index in [0.29, 0.717) is 6.04 Å². The molecule has 0 saturated carbocycles. The van der Waals surface area contributed by atoms with Gasteiger partial charge in [0.2, 0.25) is 0 Å². The monoisotopic (exact) mass is 326 g/mol. The van der Waals surface area contributed by atoms with E-state index in [4.69, 9.17) is 4.74 Å². The summed E-state index contributed by atoms with van der Waals surface area (Å²) in [5.74, 6) is 0.930. The van der Waals surface area contributed by atoms with Gasteiger partial charge in [0, 0.05) is 23.6 Å². The summed E-state index contributed by atoms with van der Waals surface area (Å²) in [7, 11) is 2.23. The fourth-order valence-electron chi connectivity index (χ4n) is 2.44. The second-order valence-electron chi connectivity index (χ2n) is 5.14. The van der Waals surface area contributed by atoms with Gasteiger partial charge in [-0.2, -0.15) is 0 Å². The summed E-state index contributed by atoms with van der Waals surface area (Å²) >= 11 is 3.42. The van der Waals surface area contributed by atoms with Gasteiger partial charge in [-0.25, -0.2) is 0 Å². The Hall–Kier alpha value is -0.580. The van der Waals surface area contributed by atoms with Gasteiger partial charge >= 0.3 is 0 Å². The number of rotatable bonds is 6. The fraction of sp³-hybridized carbons (Fsp3) is 0.600. The van der Waals surface area contributed by atoms with Crippen molar-refractivity contribution in [1.82, 2.24) is 10.2 Å². The molecule has 1 aromatic carbocycles. The van der Waals surface area contributed by atoms with Crippen LogP contribution in [0.1, 0.15) is 19.3 Å². The van der Waals surface area contributed by atoms with E-state index in [1.54, 1.807) is 0 Å². The Morgan fingerprint density at radius 1 is 1.32 bits per heavy atom. The number of nitrogens with one attached hydrogen (secondary N) is 1. The minimum absolute atomic E-state index is 0.696. The Labute approximate surface area is 124 Å². The molecule has 4 heteroatoms. The number of piperidine rings is 1. The molecule has 1 atom stereocenters. The molecule has 0 spiro atoms. The summed E-state index contributed by atoms with van der Waals surface area (Å²) in [6.07, 6.45) is 4.03. The van der Waals surface area contributed by atoms with E-state index in [1.807, 2.05) is 24.3 Å². The van der Waals surface area contributed by atoms with Gasteiger partial charge in [0.1, 0.15) is 12.4 Å². The highest BCUT2D eigenvalue weighted by Crippen LogP contribution is 2.16. The molecular formula is C15H23BrN2O. The molecule has 1 saturated heterocycles. The van der Waals surface area contributed by atoms with Crippen molar-refractivity contribution in [3.05, 3.63) is 28.7 Å². The van der Waals surface area contributed by atoms with E-state index in [-0.39, 0.29) is 0 Å². The van der Waals surface area contributed by atoms with Crippen molar-refractivity contribution in [1.29, 1.82) is 0 Å². The first kappa shape index (κ1) is 14.8. The molecule has 1 aromatic rings. The van der Waals surface area contributed by atoms with Crippen LogP contribution < -0.4 is 10.1 Å². The molecule has 0 aromatic heterocycles. The quantitative estimate of drug-likeness (QED) is 0.813. The standard InChI is InChI=1S/C15H23BrN2O/c1-18-10-3-2-4-14(18)12-17-9-11-19-15-7-5-13(16)6-8-15/h5-8,14,17H,2-4,9-12H2,1H3. The summed E-state index contributed by atoms with van der Waals surface area (Å²) in [5.41, 5.74) is 0. The van der Waals surface area contributed by atoms with Crippen LogP contribution >= 0.6 is 15.9 Å². The molecule has 106 valence electrons. The van der Waals surface area contributed by atoms with Crippen LogP contribution in [0.3, 0.4) is 0 Å². The Morgan fingerprint density at radius 2 is 2.11 bits per heavy atom. The van der Waals surface area contributed by atoms with E-state index in [0.717, 1.165) is 29.9 Å². The van der Waals surface area contributed by atoms with Crippen molar-refractivity contribution < 1.29 is 4.74 Å². The summed E-state index contributed by atoms with van der Waals surface area (Å²) in [6, 6.07) is 8.67. The Bertz CT molecular complexity index is 369. The predicted molar refractivity (Wildman–Crippen MR) is 82.8 cm³/mol. The summed E-state index contributed by atoms with van der Waals surface area (Å²) in [4.78, 5) is 2.46. The number of likely N-dealkylation sites (N-methyl/N-ethyl adjacent to an activating group) is 1. The molecular weight excluding hydrogens is 304 g/mol. The number of hydrogen-bond donors (Lipinski definition) is 1. The van der Waals surface area contributed by atoms with Crippen LogP contribution in [-0.4, -0.2) is 44.2 Å². The van der Waals surface area contributed by atoms with Crippen LogP contribution in [0, 0.1) is 0 Å². The highest BCUT2D eigenvalue weighted by Gasteiger charge is 2.17. The zero-order valence-corrected chi connectivity index (χ0v) is 13.2. The highest BCUT2D eigenvalue weighted by atomic mass is 79.9. The lowest BCUT2D eigenvalue weighted by molar-refractivity contribution is 0.179. The summed E-state index contributed by atoms with van der Waals surface area (Å²) in [5, 5.41) is 3.49. The van der Waals surface area contributed by atoms with Gasteiger partial charge in [0.05, 0.1) is 0 Å². The van der Waals surface area contributed by atoms with Gasteiger partial charge in [-0.05, 0) is 50.7 Å². The average molecular weight is 327 g/mol. The minimum atomic E-state index is 0.696. The first-order chi connectivity index (χ1) is 9.25. The van der Waals surface area contributed by atoms with Gasteiger partial charge < -0.3 is 15.0 Å². The molecule has 1 unspecified atom stereocenters. The lowest BCUT2D eigenvalue weighted by atomic mass is 10.0. The van der Waals surface area contributed by atoms with E-state index < -0.39 is 0 Å². The zero-order chi connectivity index (χ0) is 13.5. The maximum Gasteiger partial charge on any atom is 0.119 e. The third kappa shape index (κ3) is 5.13. The lowest BCUT2D eigenvalue weighted by Crippen LogP contribution is -2.43. The maximum absolute atomic E-state index is 5.68. The molecule has 19 heavy (non-hydrogen) atoms. The van der Waals surface area contributed by atoms with Crippen molar-refractivity contribution in [3.8, 4) is 5.75 Å². The van der Waals surface area contributed by atoms with E-state index >= 15 is 0 Å². The number of benzene rings is 1. The third-order valence-corrected chi connectivity index (χ3v) is 4.19. The molecule has 1 N–H and O–H groups in total. The van der Waals surface area contributed by atoms with Crippen molar-refractivity contribution in [3.63, 3.8) is 0 Å². The molecule has 2 rings (SSSR count). The van der Waals surface area contributed by atoms with Gasteiger partial charge in [0.25, 0.3) is 0 Å². The van der Waals surface area contributed by atoms with Crippen LogP contribution in [-0.2, 0) is 0 Å². The van der Waals surface area contributed by atoms with Crippen molar-refractivity contribution in [2.75, 3.05) is 33.3 Å². The van der Waals surface area contributed by atoms with Crippen LogP contribution in [0.15, 0.2) is 28.7 Å². The van der Waals surface area contributed by atoms with Crippen LogP contribution in [0.4, 0.5) is 0 Å². The van der Waals surface area contributed by atoms with Gasteiger partial charge in [-0.15, -0.1) is 0 Å². The third-order valence-electron chi connectivity index (χ3n) is 3.66. The normalized spacial score (nSPS) is 20.4. The largest absolute Gasteiger partial charge is 0.492 e. The molecule has 3 nitrogen and oxygen atoms in total. The highest BCUT2D eigenvalue weighted by molar-refractivity contribution is 9.10. The summed E-state index contributed by atoms with van der Waals surface area (Å²) in [6.45, 7) is 3.93. The van der Waals surface area contributed by atoms with Gasteiger partial charge in [-0.1, -0.05) is 22.4 Å². The number of likely N-dealkylation sites (tertiary alicyclic amines) is 1. The second-order valence-corrected chi connectivity index (χ2v) is 6.05. The number of nitrogens with zero attached hydrogens (tertiary/aromatic N) is 1. The van der Waals surface area contributed by atoms with Gasteiger partial charge in [0.15, 0.2) is 0 Å². The van der Waals surface area contributed by atoms with E-state index in [1.165, 1.54) is 25.8 Å². The van der Waals surface area contributed by atoms with Gasteiger partial charge in [-0.3, -0.25) is 0 Å². The van der Waals surface area contributed by atoms with Crippen molar-refractivity contribution >= 4 is 15.9 Å². The molecule has 0 bridgehead atoms. The molecule has 1 fully saturated rings. The molecule has 1 aliphatic rings. The molecule has 1 heterocycles. The van der Waals surface area contributed by atoms with Crippen LogP contribution in [0.2, 0.25) is 0 Å². The second kappa shape index (κ2) is 7.88. The lowest BCUT2D eigenvalue weighted by Gasteiger charge is -2.32. The first-order valence-electron chi connectivity index (χ1n) is 7.05. The van der Waals surface area contributed by atoms with Crippen LogP contribution in [0.25, 0.3) is 0 Å². The summed E-state index contributed by atoms with van der Waals surface area (Å²) < 4.78 is 6.76. The van der Waals surface area contributed by atoms with Crippen molar-refractivity contribution in [2.45, 2.75) is 25.3 Å². The molecule has 0 aliphatic carbocycles. The van der Waals surface area contributed by atoms with E-state index in [2.05, 4.69) is 33.2 Å². The maximum atomic E-state index is 5.68. The van der Waals surface area contributed by atoms with Crippen molar-refractivity contribution in [2.24, 2.45) is 0 Å². The van der Waals surface area contributed by atoms with E-state index in [9.17, 15) is 0 Å². The zero-order valence-electron chi connectivity index (χ0n) is 11.6. The first-order valence-corrected chi connectivity index (χ1v) is 7.84.